The lowest BCUT2D eigenvalue weighted by Gasteiger charge is -2.34. The Morgan fingerprint density at radius 1 is 0.818 bits per heavy atom. The molecule has 230 valence electrons. The number of aryl methyl sites for hydroxylation is 1. The van der Waals surface area contributed by atoms with E-state index in [0.29, 0.717) is 6.42 Å². The molecular formula is C35H38FN3O4S. The summed E-state index contributed by atoms with van der Waals surface area (Å²) in [5.74, 6) is -1.79. The van der Waals surface area contributed by atoms with E-state index in [9.17, 15) is 18.0 Å². The monoisotopic (exact) mass is 615 g/mol. The first kappa shape index (κ1) is 32.4. The number of carbonyl (C=O) groups is 2. The number of nitrogens with zero attached hydrogens (tertiary/aromatic N) is 2. The van der Waals surface area contributed by atoms with Crippen LogP contribution < -0.4 is 9.62 Å². The van der Waals surface area contributed by atoms with Crippen LogP contribution in [0.3, 0.4) is 0 Å². The number of halogens is 1. The average Bonchev–Trinajstić information content (AvgIpc) is 3.03. The second kappa shape index (κ2) is 14.8. The standard InChI is InChI=1S/C35H38FN3O4S/c1-4-27(3)37-35(41)33(23-28-13-7-5-8-14-28)38(24-29-21-19-26(2)20-22-29)34(40)25-39(32-18-12-11-17-31(32)36)44(42,43)30-15-9-6-10-16-30/h5-22,27,33H,4,23-25H2,1-3H3,(H,37,41)/t27-,33-/m0/s1. The predicted molar refractivity (Wildman–Crippen MR) is 171 cm³/mol. The summed E-state index contributed by atoms with van der Waals surface area (Å²) in [6.07, 6.45) is 0.887. The van der Waals surface area contributed by atoms with Crippen molar-refractivity contribution >= 4 is 27.5 Å². The molecule has 0 aliphatic rings. The Labute approximate surface area is 259 Å². The molecule has 0 heterocycles. The normalized spacial score (nSPS) is 12.6. The van der Waals surface area contributed by atoms with Gasteiger partial charge < -0.3 is 10.2 Å². The summed E-state index contributed by atoms with van der Waals surface area (Å²) in [5.41, 5.74) is 2.37. The fraction of sp³-hybridized carbons (Fsp3) is 0.257. The molecule has 4 aromatic carbocycles. The molecule has 7 nitrogen and oxygen atoms in total. The number of carbonyl (C=O) groups excluding carboxylic acids is 2. The van der Waals surface area contributed by atoms with Crippen molar-refractivity contribution in [3.63, 3.8) is 0 Å². The number of sulfonamides is 1. The second-order valence-electron chi connectivity index (χ2n) is 10.8. The Kier molecular flexibility index (Phi) is 10.9. The van der Waals surface area contributed by atoms with Gasteiger partial charge in [-0.05, 0) is 55.7 Å². The van der Waals surface area contributed by atoms with Crippen molar-refractivity contribution in [3.8, 4) is 0 Å². The molecule has 1 N–H and O–H groups in total. The number of amides is 2. The minimum absolute atomic E-state index is 0.0427. The van der Waals surface area contributed by atoms with Crippen molar-refractivity contribution in [2.24, 2.45) is 0 Å². The molecule has 2 atom stereocenters. The van der Waals surface area contributed by atoms with Gasteiger partial charge in [-0.1, -0.05) is 97.4 Å². The van der Waals surface area contributed by atoms with Crippen LogP contribution in [0.4, 0.5) is 10.1 Å². The maximum atomic E-state index is 15.2. The van der Waals surface area contributed by atoms with Crippen molar-refractivity contribution in [2.75, 3.05) is 10.8 Å². The fourth-order valence-electron chi connectivity index (χ4n) is 4.77. The topological polar surface area (TPSA) is 86.8 Å². The summed E-state index contributed by atoms with van der Waals surface area (Å²) in [4.78, 5) is 29.6. The van der Waals surface area contributed by atoms with Gasteiger partial charge in [-0.2, -0.15) is 0 Å². The fourth-order valence-corrected chi connectivity index (χ4v) is 6.22. The molecule has 0 spiro atoms. The first-order valence-electron chi connectivity index (χ1n) is 14.6. The number of hydrogen-bond donors (Lipinski definition) is 1. The molecule has 44 heavy (non-hydrogen) atoms. The van der Waals surface area contributed by atoms with Gasteiger partial charge in [0.15, 0.2) is 0 Å². The summed E-state index contributed by atoms with van der Waals surface area (Å²) < 4.78 is 43.8. The Hall–Kier alpha value is -4.50. The van der Waals surface area contributed by atoms with Gasteiger partial charge in [0.25, 0.3) is 10.0 Å². The summed E-state index contributed by atoms with van der Waals surface area (Å²) in [7, 11) is -4.37. The number of benzene rings is 4. The van der Waals surface area contributed by atoms with Crippen LogP contribution in [0.1, 0.15) is 37.0 Å². The quantitative estimate of drug-likeness (QED) is 0.203. The highest BCUT2D eigenvalue weighted by molar-refractivity contribution is 7.92. The van der Waals surface area contributed by atoms with E-state index in [-0.39, 0.29) is 35.5 Å². The molecule has 4 aromatic rings. The lowest BCUT2D eigenvalue weighted by molar-refractivity contribution is -0.140. The van der Waals surface area contributed by atoms with Crippen LogP contribution in [-0.4, -0.2) is 43.8 Å². The van der Waals surface area contributed by atoms with E-state index in [1.54, 1.807) is 18.2 Å². The van der Waals surface area contributed by atoms with Crippen LogP contribution in [0.25, 0.3) is 0 Å². The van der Waals surface area contributed by atoms with Crippen molar-refractivity contribution in [3.05, 3.63) is 132 Å². The Morgan fingerprint density at radius 3 is 2.02 bits per heavy atom. The van der Waals surface area contributed by atoms with Gasteiger partial charge in [-0.25, -0.2) is 12.8 Å². The van der Waals surface area contributed by atoms with E-state index in [4.69, 9.17) is 0 Å². The molecule has 0 fully saturated rings. The maximum absolute atomic E-state index is 15.2. The number of rotatable bonds is 13. The summed E-state index contributed by atoms with van der Waals surface area (Å²) in [6, 6.07) is 28.8. The number of para-hydroxylation sites is 1. The van der Waals surface area contributed by atoms with Gasteiger partial charge in [0.1, 0.15) is 18.4 Å². The predicted octanol–water partition coefficient (Wildman–Crippen LogP) is 5.88. The Morgan fingerprint density at radius 2 is 1.41 bits per heavy atom. The van der Waals surface area contributed by atoms with Gasteiger partial charge in [-0.3, -0.25) is 13.9 Å². The highest BCUT2D eigenvalue weighted by Crippen LogP contribution is 2.27. The molecule has 0 aliphatic carbocycles. The second-order valence-corrected chi connectivity index (χ2v) is 12.7. The van der Waals surface area contributed by atoms with Gasteiger partial charge in [0.05, 0.1) is 10.6 Å². The van der Waals surface area contributed by atoms with Gasteiger partial charge in [0, 0.05) is 19.0 Å². The molecule has 0 saturated heterocycles. The summed E-state index contributed by atoms with van der Waals surface area (Å²) in [6.45, 7) is 5.11. The Bertz CT molecular complexity index is 1650. The van der Waals surface area contributed by atoms with Crippen LogP contribution in [0.5, 0.6) is 0 Å². The molecule has 0 unspecified atom stereocenters. The third-order valence-corrected chi connectivity index (χ3v) is 9.25. The SMILES string of the molecule is CC[C@H](C)NC(=O)[C@H](Cc1ccccc1)N(Cc1ccc(C)cc1)C(=O)CN(c1ccccc1F)S(=O)(=O)c1ccccc1. The van der Waals surface area contributed by atoms with Crippen LogP contribution in [0, 0.1) is 12.7 Å². The number of hydrogen-bond acceptors (Lipinski definition) is 4. The smallest absolute Gasteiger partial charge is 0.264 e. The van der Waals surface area contributed by atoms with Crippen molar-refractivity contribution in [2.45, 2.75) is 57.1 Å². The van der Waals surface area contributed by atoms with E-state index in [1.807, 2.05) is 75.4 Å². The molecule has 9 heteroatoms. The lowest BCUT2D eigenvalue weighted by Crippen LogP contribution is -2.54. The summed E-state index contributed by atoms with van der Waals surface area (Å²) in [5, 5.41) is 3.01. The van der Waals surface area contributed by atoms with E-state index >= 15 is 4.39 Å². The zero-order valence-corrected chi connectivity index (χ0v) is 26.0. The van der Waals surface area contributed by atoms with Gasteiger partial charge in [-0.15, -0.1) is 0 Å². The molecule has 0 aliphatic heterocycles. The summed E-state index contributed by atoms with van der Waals surface area (Å²) >= 11 is 0. The third kappa shape index (κ3) is 8.11. The van der Waals surface area contributed by atoms with Gasteiger partial charge >= 0.3 is 0 Å². The highest BCUT2D eigenvalue weighted by Gasteiger charge is 2.35. The van der Waals surface area contributed by atoms with E-state index in [0.717, 1.165) is 27.1 Å². The number of nitrogens with one attached hydrogen (secondary N) is 1. The minimum atomic E-state index is -4.37. The zero-order valence-electron chi connectivity index (χ0n) is 25.2. The largest absolute Gasteiger partial charge is 0.352 e. The highest BCUT2D eigenvalue weighted by atomic mass is 32.2. The minimum Gasteiger partial charge on any atom is -0.352 e. The molecule has 0 saturated carbocycles. The third-order valence-electron chi connectivity index (χ3n) is 7.48. The molecule has 0 bridgehead atoms. The lowest BCUT2D eigenvalue weighted by atomic mass is 10.0. The molecule has 0 aromatic heterocycles. The zero-order chi connectivity index (χ0) is 31.7. The molecule has 0 radical (unpaired) electrons. The van der Waals surface area contributed by atoms with E-state index < -0.39 is 34.3 Å². The van der Waals surface area contributed by atoms with Crippen molar-refractivity contribution in [1.29, 1.82) is 0 Å². The first-order chi connectivity index (χ1) is 21.1. The van der Waals surface area contributed by atoms with Crippen LogP contribution >= 0.6 is 0 Å². The van der Waals surface area contributed by atoms with Crippen LogP contribution in [0.2, 0.25) is 0 Å². The van der Waals surface area contributed by atoms with E-state index in [2.05, 4.69) is 5.32 Å². The van der Waals surface area contributed by atoms with Crippen LogP contribution in [-0.2, 0) is 32.6 Å². The first-order valence-corrected chi connectivity index (χ1v) is 16.1. The number of anilines is 1. The maximum Gasteiger partial charge on any atom is 0.264 e. The molecule has 4 rings (SSSR count). The van der Waals surface area contributed by atoms with Crippen molar-refractivity contribution in [1.82, 2.24) is 10.2 Å². The average molecular weight is 616 g/mol. The van der Waals surface area contributed by atoms with Crippen LogP contribution in [0.15, 0.2) is 114 Å². The van der Waals surface area contributed by atoms with E-state index in [1.165, 1.54) is 35.2 Å². The molecule has 2 amide bonds. The van der Waals surface area contributed by atoms with Gasteiger partial charge in [0.2, 0.25) is 11.8 Å². The Balaban J connectivity index is 1.81. The van der Waals surface area contributed by atoms with Crippen molar-refractivity contribution < 1.29 is 22.4 Å². The molecular weight excluding hydrogens is 577 g/mol.